The van der Waals surface area contributed by atoms with Crippen molar-refractivity contribution in [3.05, 3.63) is 96.1 Å². The van der Waals surface area contributed by atoms with Crippen LogP contribution in [0.25, 0.3) is 0 Å². The molecule has 1 aliphatic rings. The summed E-state index contributed by atoms with van der Waals surface area (Å²) >= 11 is 0. The SMILES string of the molecule is O=C(Nc1cccc(S(=O)(=O)N2CCCCCC2)c1)C(c1ccccc1)c1ccccc1. The number of hydrogen-bond acceptors (Lipinski definition) is 3. The number of hydrogen-bond donors (Lipinski definition) is 1. The third-order valence-electron chi connectivity index (χ3n) is 5.83. The molecule has 0 spiro atoms. The second-order valence-electron chi connectivity index (χ2n) is 8.09. The highest BCUT2D eigenvalue weighted by Crippen LogP contribution is 2.28. The number of carbonyl (C=O) groups is 1. The lowest BCUT2D eigenvalue weighted by Gasteiger charge is -2.21. The third kappa shape index (κ3) is 5.09. The lowest BCUT2D eigenvalue weighted by molar-refractivity contribution is -0.116. The van der Waals surface area contributed by atoms with Gasteiger partial charge in [-0.15, -0.1) is 0 Å². The van der Waals surface area contributed by atoms with Crippen LogP contribution in [0.15, 0.2) is 89.8 Å². The van der Waals surface area contributed by atoms with Crippen LogP contribution in [0, 0.1) is 0 Å². The molecule has 0 unspecified atom stereocenters. The highest BCUT2D eigenvalue weighted by molar-refractivity contribution is 7.89. The maximum atomic E-state index is 13.4. The third-order valence-corrected chi connectivity index (χ3v) is 7.73. The lowest BCUT2D eigenvalue weighted by Crippen LogP contribution is -2.32. The first-order valence-corrected chi connectivity index (χ1v) is 12.5. The van der Waals surface area contributed by atoms with Gasteiger partial charge in [0.05, 0.1) is 10.8 Å². The molecule has 32 heavy (non-hydrogen) atoms. The smallest absolute Gasteiger partial charge is 0.243 e. The fraction of sp³-hybridized carbons (Fsp3) is 0.269. The van der Waals surface area contributed by atoms with Gasteiger partial charge in [-0.1, -0.05) is 79.6 Å². The van der Waals surface area contributed by atoms with Crippen LogP contribution < -0.4 is 5.32 Å². The van der Waals surface area contributed by atoms with Crippen molar-refractivity contribution in [3.63, 3.8) is 0 Å². The molecule has 0 saturated carbocycles. The van der Waals surface area contributed by atoms with Crippen LogP contribution in [0.3, 0.4) is 0 Å². The molecule has 166 valence electrons. The first-order chi connectivity index (χ1) is 15.6. The molecule has 1 amide bonds. The molecule has 0 radical (unpaired) electrons. The van der Waals surface area contributed by atoms with Crippen LogP contribution in [0.2, 0.25) is 0 Å². The summed E-state index contributed by atoms with van der Waals surface area (Å²) in [5.41, 5.74) is 2.23. The standard InChI is InChI=1S/C26H28N2O3S/c29-26(25(21-12-5-3-6-13-21)22-14-7-4-8-15-22)27-23-16-11-17-24(20-23)32(30,31)28-18-9-1-2-10-19-28/h3-8,11-17,20,25H,1-2,9-10,18-19H2,(H,27,29). The van der Waals surface area contributed by atoms with E-state index in [2.05, 4.69) is 5.32 Å². The van der Waals surface area contributed by atoms with E-state index in [0.717, 1.165) is 36.8 Å². The molecule has 3 aromatic carbocycles. The molecule has 0 bridgehead atoms. The Kier molecular flexibility index (Phi) is 7.02. The Morgan fingerprint density at radius 2 is 1.31 bits per heavy atom. The Morgan fingerprint density at radius 1 is 0.750 bits per heavy atom. The van der Waals surface area contributed by atoms with Crippen molar-refractivity contribution in [2.75, 3.05) is 18.4 Å². The van der Waals surface area contributed by atoms with Crippen molar-refractivity contribution in [3.8, 4) is 0 Å². The topological polar surface area (TPSA) is 66.5 Å². The first kappa shape index (κ1) is 22.2. The van der Waals surface area contributed by atoms with Gasteiger partial charge >= 0.3 is 0 Å². The van der Waals surface area contributed by atoms with Gasteiger partial charge in [-0.05, 0) is 42.2 Å². The van der Waals surface area contributed by atoms with Gasteiger partial charge < -0.3 is 5.32 Å². The Bertz CT molecular complexity index is 1100. The number of amides is 1. The molecule has 1 N–H and O–H groups in total. The molecular formula is C26H28N2O3S. The van der Waals surface area contributed by atoms with Gasteiger partial charge in [-0.25, -0.2) is 8.42 Å². The van der Waals surface area contributed by atoms with E-state index in [1.54, 1.807) is 28.6 Å². The molecule has 6 heteroatoms. The predicted octanol–water partition coefficient (Wildman–Crippen LogP) is 5.02. The second-order valence-corrected chi connectivity index (χ2v) is 10.0. The van der Waals surface area contributed by atoms with Gasteiger partial charge in [0, 0.05) is 18.8 Å². The molecule has 1 heterocycles. The van der Waals surface area contributed by atoms with E-state index in [-0.39, 0.29) is 10.8 Å². The fourth-order valence-electron chi connectivity index (χ4n) is 4.17. The van der Waals surface area contributed by atoms with Gasteiger partial charge in [0.1, 0.15) is 0 Å². The Balaban J connectivity index is 1.60. The number of benzene rings is 3. The van der Waals surface area contributed by atoms with Crippen molar-refractivity contribution in [2.45, 2.75) is 36.5 Å². The number of rotatable bonds is 6. The van der Waals surface area contributed by atoms with Crippen LogP contribution in [0.4, 0.5) is 5.69 Å². The fourth-order valence-corrected chi connectivity index (χ4v) is 5.73. The number of nitrogens with zero attached hydrogens (tertiary/aromatic N) is 1. The minimum Gasteiger partial charge on any atom is -0.325 e. The lowest BCUT2D eigenvalue weighted by atomic mass is 9.90. The summed E-state index contributed by atoms with van der Waals surface area (Å²) in [5.74, 6) is -0.699. The van der Waals surface area contributed by atoms with Crippen molar-refractivity contribution in [2.24, 2.45) is 0 Å². The zero-order valence-corrected chi connectivity index (χ0v) is 18.8. The van der Waals surface area contributed by atoms with Gasteiger partial charge in [-0.2, -0.15) is 4.31 Å². The van der Waals surface area contributed by atoms with Crippen LogP contribution in [0.1, 0.15) is 42.7 Å². The van der Waals surface area contributed by atoms with Gasteiger partial charge in [-0.3, -0.25) is 4.79 Å². The summed E-state index contributed by atoms with van der Waals surface area (Å²) in [7, 11) is -3.59. The van der Waals surface area contributed by atoms with Crippen molar-refractivity contribution in [1.29, 1.82) is 0 Å². The number of sulfonamides is 1. The van der Waals surface area contributed by atoms with Gasteiger partial charge in [0.15, 0.2) is 0 Å². The summed E-state index contributed by atoms with van der Waals surface area (Å²) in [6.45, 7) is 1.09. The molecule has 0 aromatic heterocycles. The van der Waals surface area contributed by atoms with Gasteiger partial charge in [0.2, 0.25) is 15.9 Å². The molecule has 3 aromatic rings. The molecule has 0 atom stereocenters. The molecule has 0 aliphatic carbocycles. The quantitative estimate of drug-likeness (QED) is 0.576. The highest BCUT2D eigenvalue weighted by atomic mass is 32.2. The molecule has 1 saturated heterocycles. The van der Waals surface area contributed by atoms with E-state index in [1.165, 1.54) is 0 Å². The molecule has 5 nitrogen and oxygen atoms in total. The van der Waals surface area contributed by atoms with Crippen LogP contribution in [-0.4, -0.2) is 31.7 Å². The number of anilines is 1. The zero-order chi connectivity index (χ0) is 22.4. The number of nitrogens with one attached hydrogen (secondary N) is 1. The van der Waals surface area contributed by atoms with Crippen LogP contribution in [0.5, 0.6) is 0 Å². The van der Waals surface area contributed by atoms with E-state index >= 15 is 0 Å². The zero-order valence-electron chi connectivity index (χ0n) is 18.0. The molecular weight excluding hydrogens is 420 g/mol. The minimum absolute atomic E-state index is 0.202. The summed E-state index contributed by atoms with van der Waals surface area (Å²) in [6, 6.07) is 25.8. The average Bonchev–Trinajstić information content (AvgIpc) is 3.11. The monoisotopic (exact) mass is 448 g/mol. The Morgan fingerprint density at radius 3 is 1.88 bits per heavy atom. The van der Waals surface area contributed by atoms with Crippen molar-refractivity contribution >= 4 is 21.6 Å². The van der Waals surface area contributed by atoms with E-state index in [1.807, 2.05) is 60.7 Å². The van der Waals surface area contributed by atoms with E-state index in [0.29, 0.717) is 18.8 Å². The maximum Gasteiger partial charge on any atom is 0.243 e. The Labute approximate surface area is 190 Å². The van der Waals surface area contributed by atoms with E-state index in [9.17, 15) is 13.2 Å². The Hall–Kier alpha value is -2.96. The second kappa shape index (κ2) is 10.1. The van der Waals surface area contributed by atoms with E-state index < -0.39 is 15.9 Å². The highest BCUT2D eigenvalue weighted by Gasteiger charge is 2.26. The normalized spacial score (nSPS) is 15.3. The predicted molar refractivity (Wildman–Crippen MR) is 127 cm³/mol. The average molecular weight is 449 g/mol. The summed E-state index contributed by atoms with van der Waals surface area (Å²) < 4.78 is 27.9. The summed E-state index contributed by atoms with van der Waals surface area (Å²) in [5, 5.41) is 2.94. The molecule has 1 fully saturated rings. The van der Waals surface area contributed by atoms with Crippen LogP contribution in [-0.2, 0) is 14.8 Å². The maximum absolute atomic E-state index is 13.4. The summed E-state index contributed by atoms with van der Waals surface area (Å²) in [6.07, 6.45) is 3.88. The molecule has 4 rings (SSSR count). The molecule has 1 aliphatic heterocycles. The van der Waals surface area contributed by atoms with Crippen LogP contribution >= 0.6 is 0 Å². The largest absolute Gasteiger partial charge is 0.325 e. The van der Waals surface area contributed by atoms with Crippen molar-refractivity contribution in [1.82, 2.24) is 4.31 Å². The number of carbonyl (C=O) groups excluding carboxylic acids is 1. The van der Waals surface area contributed by atoms with E-state index in [4.69, 9.17) is 0 Å². The van der Waals surface area contributed by atoms with Crippen molar-refractivity contribution < 1.29 is 13.2 Å². The summed E-state index contributed by atoms with van der Waals surface area (Å²) in [4.78, 5) is 13.6. The van der Waals surface area contributed by atoms with Gasteiger partial charge in [0.25, 0.3) is 0 Å². The minimum atomic E-state index is -3.59. The first-order valence-electron chi connectivity index (χ1n) is 11.1.